The van der Waals surface area contributed by atoms with E-state index in [0.29, 0.717) is 18.7 Å². The Kier molecular flexibility index (Phi) is 4.40. The van der Waals surface area contributed by atoms with Crippen LogP contribution < -0.4 is 10.9 Å². The fourth-order valence-electron chi connectivity index (χ4n) is 2.95. The maximum Gasteiger partial charge on any atom is 0.255 e. The maximum atomic E-state index is 12.6. The quantitative estimate of drug-likeness (QED) is 0.752. The molecule has 3 rings (SSSR count). The van der Waals surface area contributed by atoms with Crippen LogP contribution in [0.1, 0.15) is 16.8 Å². The fraction of sp³-hybridized carbons (Fsp3) is 0.333. The third-order valence-corrected chi connectivity index (χ3v) is 4.39. The molecule has 0 bridgehead atoms. The molecular weight excluding hydrogens is 304 g/mol. The molecule has 2 N–H and O–H groups in total. The lowest BCUT2D eigenvalue weighted by molar-refractivity contribution is 0.270. The van der Waals surface area contributed by atoms with Gasteiger partial charge >= 0.3 is 0 Å². The van der Waals surface area contributed by atoms with Gasteiger partial charge in [0.1, 0.15) is 5.82 Å². The molecule has 6 heteroatoms. The second-order valence-corrected chi connectivity index (χ2v) is 5.95. The summed E-state index contributed by atoms with van der Waals surface area (Å²) in [6.45, 7) is 4.77. The predicted octanol–water partition coefficient (Wildman–Crippen LogP) is 1.96. The van der Waals surface area contributed by atoms with Crippen LogP contribution in [0.15, 0.2) is 35.1 Å². The first-order valence-corrected chi connectivity index (χ1v) is 7.99. The number of para-hydroxylation sites is 1. The molecule has 126 valence electrons. The summed E-state index contributed by atoms with van der Waals surface area (Å²) < 4.78 is 3.42. The minimum Gasteiger partial charge on any atom is -0.394 e. The van der Waals surface area contributed by atoms with Gasteiger partial charge in [-0.05, 0) is 31.4 Å². The summed E-state index contributed by atoms with van der Waals surface area (Å²) >= 11 is 0. The minimum absolute atomic E-state index is 0.0104. The predicted molar refractivity (Wildman–Crippen MR) is 95.3 cm³/mol. The van der Waals surface area contributed by atoms with E-state index in [1.54, 1.807) is 16.3 Å². The third kappa shape index (κ3) is 2.80. The first-order chi connectivity index (χ1) is 11.5. The van der Waals surface area contributed by atoms with Gasteiger partial charge < -0.3 is 15.0 Å². The molecule has 0 atom stereocenters. The number of pyridine rings is 1. The van der Waals surface area contributed by atoms with E-state index < -0.39 is 0 Å². The van der Waals surface area contributed by atoms with Crippen molar-refractivity contribution >= 4 is 16.7 Å². The summed E-state index contributed by atoms with van der Waals surface area (Å²) in [5, 5.41) is 17.9. The van der Waals surface area contributed by atoms with Crippen LogP contribution in [-0.4, -0.2) is 26.1 Å². The molecule has 6 nitrogen and oxygen atoms in total. The molecule has 0 radical (unpaired) electrons. The molecule has 0 amide bonds. The van der Waals surface area contributed by atoms with Crippen molar-refractivity contribution in [1.82, 2.24) is 14.3 Å². The van der Waals surface area contributed by atoms with Gasteiger partial charge in [0.05, 0.1) is 24.4 Å². The van der Waals surface area contributed by atoms with Crippen LogP contribution in [0.25, 0.3) is 10.9 Å². The van der Waals surface area contributed by atoms with Crippen LogP contribution in [0.2, 0.25) is 0 Å². The number of benzene rings is 1. The van der Waals surface area contributed by atoms with Crippen molar-refractivity contribution in [2.45, 2.75) is 26.9 Å². The zero-order valence-corrected chi connectivity index (χ0v) is 14.2. The summed E-state index contributed by atoms with van der Waals surface area (Å²) in [4.78, 5) is 12.6. The highest BCUT2D eigenvalue weighted by Crippen LogP contribution is 2.19. The number of anilines is 1. The van der Waals surface area contributed by atoms with Crippen LogP contribution in [0.3, 0.4) is 0 Å². The highest BCUT2D eigenvalue weighted by atomic mass is 16.3. The van der Waals surface area contributed by atoms with Gasteiger partial charge in [0.15, 0.2) is 0 Å². The van der Waals surface area contributed by atoms with Gasteiger partial charge in [-0.15, -0.1) is 0 Å². The minimum atomic E-state index is -0.0104. The number of hydrogen-bond acceptors (Lipinski definition) is 4. The molecule has 3 aromatic rings. The van der Waals surface area contributed by atoms with Gasteiger partial charge in [-0.1, -0.05) is 18.2 Å². The lowest BCUT2D eigenvalue weighted by Gasteiger charge is -2.12. The van der Waals surface area contributed by atoms with Crippen molar-refractivity contribution in [1.29, 1.82) is 0 Å². The van der Waals surface area contributed by atoms with Crippen molar-refractivity contribution in [3.05, 3.63) is 57.5 Å². The average molecular weight is 326 g/mol. The second kappa shape index (κ2) is 6.49. The topological polar surface area (TPSA) is 72.1 Å². The molecule has 24 heavy (non-hydrogen) atoms. The zero-order valence-electron chi connectivity index (χ0n) is 14.2. The van der Waals surface area contributed by atoms with Gasteiger partial charge in [-0.25, -0.2) is 4.68 Å². The average Bonchev–Trinajstić information content (AvgIpc) is 2.84. The SMILES string of the molecule is Cc1nn(CCO)c(NCc2cc3ccccc3n(C)c2=O)c1C. The number of aliphatic hydroxyl groups excluding tert-OH is 1. The second-order valence-electron chi connectivity index (χ2n) is 5.95. The highest BCUT2D eigenvalue weighted by molar-refractivity contribution is 5.79. The zero-order chi connectivity index (χ0) is 17.3. The van der Waals surface area contributed by atoms with Crippen LogP contribution >= 0.6 is 0 Å². The Labute approximate surface area is 140 Å². The number of aromatic nitrogens is 3. The van der Waals surface area contributed by atoms with Gasteiger partial charge in [-0.3, -0.25) is 4.79 Å². The molecular formula is C18H22N4O2. The normalized spacial score (nSPS) is 11.2. The van der Waals surface area contributed by atoms with E-state index in [1.807, 2.05) is 44.2 Å². The van der Waals surface area contributed by atoms with Gasteiger partial charge in [0.25, 0.3) is 5.56 Å². The summed E-state index contributed by atoms with van der Waals surface area (Å²) in [7, 11) is 1.79. The van der Waals surface area contributed by atoms with E-state index in [4.69, 9.17) is 0 Å². The number of nitrogens with one attached hydrogen (secondary N) is 1. The lowest BCUT2D eigenvalue weighted by Crippen LogP contribution is -2.23. The number of fused-ring (bicyclic) bond motifs is 1. The van der Waals surface area contributed by atoms with E-state index in [9.17, 15) is 9.90 Å². The van der Waals surface area contributed by atoms with E-state index >= 15 is 0 Å². The van der Waals surface area contributed by atoms with Crippen LogP contribution in [-0.2, 0) is 20.1 Å². The van der Waals surface area contributed by atoms with Crippen LogP contribution in [0, 0.1) is 13.8 Å². The summed E-state index contributed by atoms with van der Waals surface area (Å²) in [6, 6.07) is 9.77. The monoisotopic (exact) mass is 326 g/mol. The molecule has 0 saturated heterocycles. The van der Waals surface area contributed by atoms with Gasteiger partial charge in [0.2, 0.25) is 0 Å². The Morgan fingerprint density at radius 2 is 2.00 bits per heavy atom. The van der Waals surface area contributed by atoms with Crippen molar-refractivity contribution in [3.63, 3.8) is 0 Å². The van der Waals surface area contributed by atoms with E-state index in [-0.39, 0.29) is 12.2 Å². The first kappa shape index (κ1) is 16.3. The molecule has 0 aliphatic rings. The van der Waals surface area contributed by atoms with E-state index in [1.165, 1.54) is 0 Å². The molecule has 0 saturated carbocycles. The Morgan fingerprint density at radius 1 is 1.25 bits per heavy atom. The number of hydrogen-bond donors (Lipinski definition) is 2. The highest BCUT2D eigenvalue weighted by Gasteiger charge is 2.12. The third-order valence-electron chi connectivity index (χ3n) is 4.39. The van der Waals surface area contributed by atoms with E-state index in [2.05, 4.69) is 10.4 Å². The molecule has 0 spiro atoms. The summed E-state index contributed by atoms with van der Waals surface area (Å²) in [5.74, 6) is 0.844. The fourth-order valence-corrected chi connectivity index (χ4v) is 2.95. The number of aliphatic hydroxyl groups is 1. The Bertz CT molecular complexity index is 940. The number of aryl methyl sites for hydroxylation is 2. The molecule has 2 heterocycles. The van der Waals surface area contributed by atoms with Crippen molar-refractivity contribution < 1.29 is 5.11 Å². The van der Waals surface area contributed by atoms with Crippen molar-refractivity contribution in [2.75, 3.05) is 11.9 Å². The van der Waals surface area contributed by atoms with Gasteiger partial charge in [-0.2, -0.15) is 5.10 Å². The Morgan fingerprint density at radius 3 is 2.75 bits per heavy atom. The van der Waals surface area contributed by atoms with Crippen LogP contribution in [0.5, 0.6) is 0 Å². The Balaban J connectivity index is 1.94. The number of rotatable bonds is 5. The molecule has 2 aromatic heterocycles. The molecule has 0 unspecified atom stereocenters. The standard InChI is InChI=1S/C18H22N4O2/c1-12-13(2)20-22(8-9-23)17(12)19-11-15-10-14-6-4-5-7-16(14)21(3)18(15)24/h4-7,10,19,23H,8-9,11H2,1-3H3. The largest absolute Gasteiger partial charge is 0.394 e. The van der Waals surface area contributed by atoms with Crippen molar-refractivity contribution in [2.24, 2.45) is 7.05 Å². The summed E-state index contributed by atoms with van der Waals surface area (Å²) in [5.41, 5.74) is 3.55. The number of nitrogens with zero attached hydrogens (tertiary/aromatic N) is 3. The molecule has 0 aliphatic heterocycles. The van der Waals surface area contributed by atoms with E-state index in [0.717, 1.165) is 28.0 Å². The smallest absolute Gasteiger partial charge is 0.255 e. The molecule has 0 aliphatic carbocycles. The lowest BCUT2D eigenvalue weighted by atomic mass is 10.1. The van der Waals surface area contributed by atoms with Gasteiger partial charge in [0, 0.05) is 24.7 Å². The van der Waals surface area contributed by atoms with Crippen LogP contribution in [0.4, 0.5) is 5.82 Å². The molecule has 0 fully saturated rings. The summed E-state index contributed by atoms with van der Waals surface area (Å²) in [6.07, 6.45) is 0. The maximum absolute atomic E-state index is 12.6. The molecule has 1 aromatic carbocycles. The van der Waals surface area contributed by atoms with Crippen molar-refractivity contribution in [3.8, 4) is 0 Å². The first-order valence-electron chi connectivity index (χ1n) is 7.99. The Hall–Kier alpha value is -2.60.